The monoisotopic (exact) mass is 458 g/mol. The second-order valence-corrected chi connectivity index (χ2v) is 8.27. The number of aromatic nitrogens is 4. The van der Waals surface area contributed by atoms with Gasteiger partial charge in [-0.3, -0.25) is 19.5 Å². The lowest BCUT2D eigenvalue weighted by molar-refractivity contribution is 0.102. The van der Waals surface area contributed by atoms with Gasteiger partial charge < -0.3 is 14.6 Å². The summed E-state index contributed by atoms with van der Waals surface area (Å²) < 4.78 is 8.65. The smallest absolute Gasteiger partial charge is 0.279 e. The first-order chi connectivity index (χ1) is 16.6. The predicted molar refractivity (Wildman–Crippen MR) is 128 cm³/mol. The highest BCUT2D eigenvalue weighted by Crippen LogP contribution is 2.23. The average molecular weight is 459 g/mol. The molecule has 5 rings (SSSR count). The Labute approximate surface area is 196 Å². The number of pyridine rings is 1. The van der Waals surface area contributed by atoms with Gasteiger partial charge in [-0.1, -0.05) is 12.1 Å². The second-order valence-electron chi connectivity index (χ2n) is 8.27. The van der Waals surface area contributed by atoms with E-state index < -0.39 is 0 Å². The van der Waals surface area contributed by atoms with E-state index in [1.165, 1.54) is 10.7 Å². The van der Waals surface area contributed by atoms with Crippen molar-refractivity contribution in [3.8, 4) is 5.75 Å². The van der Waals surface area contributed by atoms with Crippen LogP contribution in [-0.4, -0.2) is 43.6 Å². The fourth-order valence-electron chi connectivity index (χ4n) is 4.56. The normalized spacial score (nSPS) is 13.6. The summed E-state index contributed by atoms with van der Waals surface area (Å²) in [6, 6.07) is 11.5. The van der Waals surface area contributed by atoms with Crippen molar-refractivity contribution in [1.29, 1.82) is 0 Å². The second kappa shape index (κ2) is 9.11. The summed E-state index contributed by atoms with van der Waals surface area (Å²) in [5.74, 6) is 0.504. The molecule has 34 heavy (non-hydrogen) atoms. The third-order valence-electron chi connectivity index (χ3n) is 6.22. The number of ether oxygens (including phenoxy) is 1. The molecule has 1 aliphatic heterocycles. The molecule has 1 aliphatic rings. The van der Waals surface area contributed by atoms with Gasteiger partial charge in [0, 0.05) is 44.5 Å². The van der Waals surface area contributed by atoms with E-state index >= 15 is 0 Å². The Bertz CT molecular complexity index is 1390. The van der Waals surface area contributed by atoms with Gasteiger partial charge in [0.2, 0.25) is 0 Å². The predicted octanol–water partition coefficient (Wildman–Crippen LogP) is 2.73. The average Bonchev–Trinajstić information content (AvgIpc) is 3.31. The zero-order valence-electron chi connectivity index (χ0n) is 19.2. The molecule has 174 valence electrons. The van der Waals surface area contributed by atoms with Gasteiger partial charge in [0.15, 0.2) is 5.65 Å². The van der Waals surface area contributed by atoms with Crippen LogP contribution in [0.5, 0.6) is 5.75 Å². The summed E-state index contributed by atoms with van der Waals surface area (Å²) in [6.07, 6.45) is 5.41. The van der Waals surface area contributed by atoms with Crippen LogP contribution in [0.15, 0.2) is 59.8 Å². The van der Waals surface area contributed by atoms with Crippen LogP contribution in [0.2, 0.25) is 0 Å². The van der Waals surface area contributed by atoms with Crippen molar-refractivity contribution in [2.75, 3.05) is 19.0 Å². The Morgan fingerprint density at radius 1 is 1.18 bits per heavy atom. The summed E-state index contributed by atoms with van der Waals surface area (Å²) >= 11 is 0. The molecule has 3 aromatic heterocycles. The number of hydrogen-bond donors (Lipinski definition) is 1. The van der Waals surface area contributed by atoms with Crippen LogP contribution in [0, 0.1) is 0 Å². The zero-order valence-corrected chi connectivity index (χ0v) is 19.2. The molecule has 0 radical (unpaired) electrons. The van der Waals surface area contributed by atoms with E-state index in [1.807, 2.05) is 35.8 Å². The lowest BCUT2D eigenvalue weighted by atomic mass is 10.0. The van der Waals surface area contributed by atoms with Crippen molar-refractivity contribution < 1.29 is 9.53 Å². The maximum atomic E-state index is 13.4. The summed E-state index contributed by atoms with van der Waals surface area (Å²) in [5, 5.41) is 7.14. The largest absolute Gasteiger partial charge is 0.497 e. The topological polar surface area (TPSA) is 93.8 Å². The lowest BCUT2D eigenvalue weighted by Crippen LogP contribution is -2.38. The van der Waals surface area contributed by atoms with E-state index in [4.69, 9.17) is 4.74 Å². The van der Waals surface area contributed by atoms with Crippen molar-refractivity contribution in [3.63, 3.8) is 0 Å². The number of benzene rings is 1. The number of nitrogens with one attached hydrogen (secondary N) is 1. The number of hydrogen-bond acceptors (Lipinski definition) is 6. The third-order valence-corrected chi connectivity index (χ3v) is 6.22. The van der Waals surface area contributed by atoms with Gasteiger partial charge in [-0.05, 0) is 36.8 Å². The van der Waals surface area contributed by atoms with Gasteiger partial charge in [0.05, 0.1) is 30.8 Å². The van der Waals surface area contributed by atoms with Crippen molar-refractivity contribution in [2.45, 2.75) is 33.0 Å². The fraction of sp³-hybridized carbons (Fsp3) is 0.280. The van der Waals surface area contributed by atoms with Gasteiger partial charge in [-0.25, -0.2) is 0 Å². The molecule has 4 aromatic rings. The minimum Gasteiger partial charge on any atom is -0.497 e. The Hall–Kier alpha value is -3.98. The number of amides is 1. The molecule has 0 bridgehead atoms. The molecule has 0 saturated carbocycles. The van der Waals surface area contributed by atoms with E-state index in [2.05, 4.69) is 20.3 Å². The summed E-state index contributed by atoms with van der Waals surface area (Å²) in [5.41, 5.74) is 4.18. The van der Waals surface area contributed by atoms with Crippen LogP contribution in [0.25, 0.3) is 5.65 Å². The standard InChI is InChI=1S/C25H26N6O3/c1-3-30-22-10-12-29(15-17-6-8-19(34-2)9-7-17)16-21(22)25(33)31-24(30)20(14-27-31)23(32)28-18-5-4-11-26-13-18/h4-9,11,13-14H,3,10,12,15-16H2,1-2H3,(H,28,32). The van der Waals surface area contributed by atoms with E-state index in [9.17, 15) is 9.59 Å². The van der Waals surface area contributed by atoms with Crippen LogP contribution in [0.1, 0.15) is 34.1 Å². The number of carbonyl (C=O) groups excluding carboxylic acids is 1. The first-order valence-electron chi connectivity index (χ1n) is 11.3. The number of anilines is 1. The van der Waals surface area contributed by atoms with Gasteiger partial charge in [-0.2, -0.15) is 9.61 Å². The number of nitrogens with zero attached hydrogens (tertiary/aromatic N) is 5. The van der Waals surface area contributed by atoms with Crippen LogP contribution in [-0.2, 0) is 26.1 Å². The highest BCUT2D eigenvalue weighted by atomic mass is 16.5. The molecule has 0 spiro atoms. The molecular formula is C25H26N6O3. The summed E-state index contributed by atoms with van der Waals surface area (Å²) in [7, 11) is 1.65. The van der Waals surface area contributed by atoms with Crippen molar-refractivity contribution >= 4 is 17.2 Å². The first kappa shape index (κ1) is 21.8. The highest BCUT2D eigenvalue weighted by molar-refractivity contribution is 6.08. The Balaban J connectivity index is 1.47. The molecule has 1 amide bonds. The first-order valence-corrected chi connectivity index (χ1v) is 11.3. The maximum Gasteiger partial charge on any atom is 0.279 e. The lowest BCUT2D eigenvalue weighted by Gasteiger charge is -2.30. The number of aryl methyl sites for hydroxylation is 1. The van der Waals surface area contributed by atoms with Gasteiger partial charge in [0.25, 0.3) is 11.5 Å². The van der Waals surface area contributed by atoms with E-state index in [0.717, 1.165) is 42.1 Å². The number of carbonyl (C=O) groups is 1. The molecule has 1 aromatic carbocycles. The molecule has 0 saturated heterocycles. The van der Waals surface area contributed by atoms with Crippen LogP contribution in [0.4, 0.5) is 5.69 Å². The SMILES string of the molecule is CCn1c2c(c(=O)n3ncc(C(=O)Nc4cccnc4)c13)CN(Cc1ccc(OC)cc1)CC2. The van der Waals surface area contributed by atoms with Crippen molar-refractivity contribution in [2.24, 2.45) is 0 Å². The number of rotatable bonds is 6. The quantitative estimate of drug-likeness (QED) is 0.478. The maximum absolute atomic E-state index is 13.4. The molecular weight excluding hydrogens is 432 g/mol. The Morgan fingerprint density at radius 3 is 2.71 bits per heavy atom. The highest BCUT2D eigenvalue weighted by Gasteiger charge is 2.27. The Morgan fingerprint density at radius 2 is 2.00 bits per heavy atom. The molecule has 9 nitrogen and oxygen atoms in total. The van der Waals surface area contributed by atoms with E-state index in [0.29, 0.717) is 30.0 Å². The summed E-state index contributed by atoms with van der Waals surface area (Å²) in [4.78, 5) is 32.7. The van der Waals surface area contributed by atoms with Crippen LogP contribution < -0.4 is 15.6 Å². The Kier molecular flexibility index (Phi) is 5.85. The van der Waals surface area contributed by atoms with Crippen LogP contribution >= 0.6 is 0 Å². The van der Waals surface area contributed by atoms with Gasteiger partial charge >= 0.3 is 0 Å². The summed E-state index contributed by atoms with van der Waals surface area (Å²) in [6.45, 7) is 4.74. The molecule has 0 fully saturated rings. The van der Waals surface area contributed by atoms with E-state index in [1.54, 1.807) is 31.6 Å². The van der Waals surface area contributed by atoms with E-state index in [-0.39, 0.29) is 11.5 Å². The number of methoxy groups -OCH3 is 1. The van der Waals surface area contributed by atoms with Crippen LogP contribution in [0.3, 0.4) is 0 Å². The zero-order chi connectivity index (χ0) is 23.7. The van der Waals surface area contributed by atoms with Crippen molar-refractivity contribution in [1.82, 2.24) is 24.1 Å². The fourth-order valence-corrected chi connectivity index (χ4v) is 4.56. The third kappa shape index (κ3) is 3.94. The molecule has 1 N–H and O–H groups in total. The molecule has 9 heteroatoms. The molecule has 0 atom stereocenters. The molecule has 0 unspecified atom stereocenters. The van der Waals surface area contributed by atoms with Crippen molar-refractivity contribution in [3.05, 3.63) is 87.7 Å². The molecule has 0 aliphatic carbocycles. The molecule has 4 heterocycles. The minimum absolute atomic E-state index is 0.172. The minimum atomic E-state index is -0.318. The van der Waals surface area contributed by atoms with Gasteiger partial charge in [0.1, 0.15) is 11.3 Å². The number of fused-ring (bicyclic) bond motifs is 2. The van der Waals surface area contributed by atoms with Gasteiger partial charge in [-0.15, -0.1) is 0 Å².